The van der Waals surface area contributed by atoms with Crippen LogP contribution in [0.15, 0.2) is 29.5 Å². The van der Waals surface area contributed by atoms with E-state index in [1.54, 1.807) is 0 Å². The lowest BCUT2D eigenvalue weighted by atomic mass is 9.63. The van der Waals surface area contributed by atoms with Crippen LogP contribution in [0.25, 0.3) is 0 Å². The summed E-state index contributed by atoms with van der Waals surface area (Å²) in [5, 5.41) is 22.1. The van der Waals surface area contributed by atoms with Crippen molar-refractivity contribution in [3.05, 3.63) is 45.9 Å². The fourth-order valence-corrected chi connectivity index (χ4v) is 3.62. The normalized spacial score (nSPS) is 25.7. The number of rotatable bonds is 4. The van der Waals surface area contributed by atoms with E-state index >= 15 is 0 Å². The molecule has 2 rings (SSSR count). The Morgan fingerprint density at radius 2 is 2.07 bits per heavy atom. The van der Waals surface area contributed by atoms with Gasteiger partial charge in [-0.15, -0.1) is 0 Å². The molecule has 0 spiro atoms. The Morgan fingerprint density at radius 3 is 2.56 bits per heavy atom. The predicted molar refractivity (Wildman–Crippen MR) is 90.4 cm³/mol. The van der Waals surface area contributed by atoms with Gasteiger partial charge in [0.2, 0.25) is 0 Å². The average molecular weight is 405 g/mol. The zero-order chi connectivity index (χ0) is 20.6. The molecule has 1 heterocycles. The molecule has 0 fully saturated rings. The number of aliphatic carboxylic acids is 1. The van der Waals surface area contributed by atoms with Crippen molar-refractivity contribution in [3.8, 4) is 6.07 Å². The van der Waals surface area contributed by atoms with Crippen LogP contribution in [-0.4, -0.2) is 23.3 Å². The van der Waals surface area contributed by atoms with Crippen molar-refractivity contribution in [2.45, 2.75) is 44.8 Å². The van der Waals surface area contributed by atoms with Gasteiger partial charge in [-0.1, -0.05) is 17.7 Å². The molecule has 9 heteroatoms. The molecule has 2 N–H and O–H groups in total. The highest BCUT2D eigenvalue weighted by Crippen LogP contribution is 2.50. The molecule has 0 saturated carbocycles. The van der Waals surface area contributed by atoms with E-state index in [1.165, 1.54) is 19.9 Å². The third-order valence-electron chi connectivity index (χ3n) is 5.02. The Bertz CT molecular complexity index is 832. The van der Waals surface area contributed by atoms with Gasteiger partial charge in [-0.05, 0) is 38.0 Å². The van der Waals surface area contributed by atoms with Crippen molar-refractivity contribution < 1.29 is 27.5 Å². The maximum absolute atomic E-state index is 13.4. The molecule has 4 nitrogen and oxygen atoms in total. The second-order valence-corrected chi connectivity index (χ2v) is 7.08. The van der Waals surface area contributed by atoms with Crippen LogP contribution < -0.4 is 5.32 Å². The number of nitriles is 1. The minimum atomic E-state index is -4.44. The predicted octanol–water partition coefficient (Wildman–Crippen LogP) is 4.77. The fraction of sp³-hybridized carbons (Fsp3) is 0.444. The quantitative estimate of drug-likeness (QED) is 0.709. The molecule has 146 valence electrons. The lowest BCUT2D eigenvalue weighted by Crippen LogP contribution is -2.54. The van der Waals surface area contributed by atoms with Gasteiger partial charge in [-0.2, -0.15) is 18.4 Å². The first-order valence-corrected chi connectivity index (χ1v) is 8.44. The van der Waals surface area contributed by atoms with E-state index in [4.69, 9.17) is 11.6 Å². The van der Waals surface area contributed by atoms with Crippen molar-refractivity contribution in [3.63, 3.8) is 0 Å². The number of halogens is 5. The molecule has 27 heavy (non-hydrogen) atoms. The van der Waals surface area contributed by atoms with Crippen LogP contribution in [0.5, 0.6) is 0 Å². The average Bonchev–Trinajstić information content (AvgIpc) is 2.55. The number of alkyl halides is 3. The van der Waals surface area contributed by atoms with Gasteiger partial charge in [0.05, 0.1) is 17.1 Å². The lowest BCUT2D eigenvalue weighted by Gasteiger charge is -2.45. The van der Waals surface area contributed by atoms with Gasteiger partial charge in [0.25, 0.3) is 0 Å². The molecule has 1 aromatic carbocycles. The second kappa shape index (κ2) is 7.39. The number of hydrogen-bond acceptors (Lipinski definition) is 3. The van der Waals surface area contributed by atoms with E-state index in [0.29, 0.717) is 0 Å². The number of carboxylic acid groups (broad SMARTS) is 1. The molecule has 1 aromatic rings. The summed E-state index contributed by atoms with van der Waals surface area (Å²) < 4.78 is 51.4. The van der Waals surface area contributed by atoms with Gasteiger partial charge in [-0.25, -0.2) is 4.39 Å². The van der Waals surface area contributed by atoms with E-state index in [-0.39, 0.29) is 21.9 Å². The maximum Gasteiger partial charge on any atom is 0.389 e. The minimum absolute atomic E-state index is 0.0199. The molecular weight excluding hydrogens is 388 g/mol. The fourth-order valence-electron chi connectivity index (χ4n) is 3.34. The summed E-state index contributed by atoms with van der Waals surface area (Å²) in [6, 6.07) is 4.36. The highest BCUT2D eigenvalue weighted by molar-refractivity contribution is 6.31. The van der Waals surface area contributed by atoms with Gasteiger partial charge in [-0.3, -0.25) is 4.79 Å². The summed E-state index contributed by atoms with van der Waals surface area (Å²) in [4.78, 5) is 12.1. The first kappa shape index (κ1) is 21.0. The van der Waals surface area contributed by atoms with Crippen LogP contribution in [-0.2, 0) is 4.79 Å². The molecule has 0 aliphatic carbocycles. The SMILES string of the molecule is CC1NC(CCC(F)(F)F)=C(C#N)C(c2ccc(F)cc2Cl)C1(C)C(=O)O. The van der Waals surface area contributed by atoms with E-state index in [1.807, 2.05) is 6.07 Å². The van der Waals surface area contributed by atoms with Crippen molar-refractivity contribution in [2.24, 2.45) is 5.41 Å². The largest absolute Gasteiger partial charge is 0.481 e. The Labute approximate surface area is 158 Å². The number of carboxylic acids is 1. The molecular formula is C18H17ClF4N2O2. The molecule has 0 bridgehead atoms. The Morgan fingerprint density at radius 1 is 1.44 bits per heavy atom. The number of nitrogens with zero attached hydrogens (tertiary/aromatic N) is 1. The first-order valence-electron chi connectivity index (χ1n) is 8.06. The summed E-state index contributed by atoms with van der Waals surface area (Å²) in [5.41, 5.74) is -1.53. The highest BCUT2D eigenvalue weighted by atomic mass is 35.5. The van der Waals surface area contributed by atoms with Gasteiger partial charge in [0, 0.05) is 29.1 Å². The van der Waals surface area contributed by atoms with E-state index < -0.39 is 48.2 Å². The van der Waals surface area contributed by atoms with Crippen molar-refractivity contribution in [1.82, 2.24) is 5.32 Å². The van der Waals surface area contributed by atoms with Gasteiger partial charge in [0.1, 0.15) is 5.82 Å². The minimum Gasteiger partial charge on any atom is -0.481 e. The topological polar surface area (TPSA) is 73.1 Å². The maximum atomic E-state index is 13.4. The number of benzene rings is 1. The standard InChI is InChI=1S/C18H17ClF4N2O2/c1-9-17(2,16(26)27)15(11-4-3-10(20)7-13(11)19)12(8-24)14(25-9)5-6-18(21,22)23/h3-4,7,9,15,25H,5-6H2,1-2H3,(H,26,27). The molecule has 0 amide bonds. The van der Waals surface area contributed by atoms with Crippen LogP contribution in [0.1, 0.15) is 38.2 Å². The number of nitrogens with one attached hydrogen (secondary N) is 1. The zero-order valence-electron chi connectivity index (χ0n) is 14.5. The zero-order valence-corrected chi connectivity index (χ0v) is 15.2. The molecule has 0 aromatic heterocycles. The molecule has 3 atom stereocenters. The van der Waals surface area contributed by atoms with Crippen molar-refractivity contribution in [2.75, 3.05) is 0 Å². The van der Waals surface area contributed by atoms with Crippen molar-refractivity contribution in [1.29, 1.82) is 5.26 Å². The lowest BCUT2D eigenvalue weighted by molar-refractivity contribution is -0.151. The van der Waals surface area contributed by atoms with Crippen molar-refractivity contribution >= 4 is 17.6 Å². The number of hydrogen-bond donors (Lipinski definition) is 2. The Hall–Kier alpha value is -2.27. The summed E-state index contributed by atoms with van der Waals surface area (Å²) in [5.74, 6) is -3.04. The third-order valence-corrected chi connectivity index (χ3v) is 5.34. The molecule has 3 unspecified atom stereocenters. The highest BCUT2D eigenvalue weighted by Gasteiger charge is 2.53. The van der Waals surface area contributed by atoms with Gasteiger partial charge < -0.3 is 10.4 Å². The monoisotopic (exact) mass is 404 g/mol. The van der Waals surface area contributed by atoms with Crippen LogP contribution in [0, 0.1) is 22.6 Å². The van der Waals surface area contributed by atoms with Gasteiger partial charge in [0.15, 0.2) is 0 Å². The summed E-state index contributed by atoms with van der Waals surface area (Å²) >= 11 is 6.10. The molecule has 1 aliphatic heterocycles. The summed E-state index contributed by atoms with van der Waals surface area (Å²) in [6.07, 6.45) is -6.10. The van der Waals surface area contributed by atoms with E-state index in [9.17, 15) is 32.7 Å². The Balaban J connectivity index is 2.69. The number of allylic oxidation sites excluding steroid dienone is 2. The van der Waals surface area contributed by atoms with E-state index in [2.05, 4.69) is 5.32 Å². The molecule has 1 aliphatic rings. The first-order chi connectivity index (χ1) is 12.4. The third kappa shape index (κ3) is 4.03. The van der Waals surface area contributed by atoms with E-state index in [0.717, 1.165) is 12.1 Å². The van der Waals surface area contributed by atoms with Crippen LogP contribution in [0.2, 0.25) is 5.02 Å². The Kier molecular flexibility index (Phi) is 5.76. The van der Waals surface area contributed by atoms with Crippen LogP contribution in [0.3, 0.4) is 0 Å². The molecule has 0 radical (unpaired) electrons. The number of carbonyl (C=O) groups is 1. The second-order valence-electron chi connectivity index (χ2n) is 6.67. The van der Waals surface area contributed by atoms with Crippen LogP contribution in [0.4, 0.5) is 17.6 Å². The molecule has 0 saturated heterocycles. The van der Waals surface area contributed by atoms with Gasteiger partial charge >= 0.3 is 12.1 Å². The van der Waals surface area contributed by atoms with Crippen LogP contribution >= 0.6 is 11.6 Å². The summed E-state index contributed by atoms with van der Waals surface area (Å²) in [6.45, 7) is 2.90. The summed E-state index contributed by atoms with van der Waals surface area (Å²) in [7, 11) is 0. The smallest absolute Gasteiger partial charge is 0.389 e.